The SMILES string of the molecule is CCOC(=O)/C=C/C=C/c1ccc(OC)cc1.COc1ccc(/C=C/C=O)cc1. The number of carbonyl (C=O) groups is 2. The highest BCUT2D eigenvalue weighted by molar-refractivity contribution is 5.82. The number of aldehydes is 1. The number of hydrogen-bond donors (Lipinski definition) is 0. The van der Waals surface area contributed by atoms with E-state index in [2.05, 4.69) is 0 Å². The van der Waals surface area contributed by atoms with E-state index in [9.17, 15) is 9.59 Å². The Morgan fingerprint density at radius 2 is 1.28 bits per heavy atom. The van der Waals surface area contributed by atoms with Gasteiger partial charge in [-0.3, -0.25) is 4.79 Å². The first-order chi connectivity index (χ1) is 14.1. The summed E-state index contributed by atoms with van der Waals surface area (Å²) in [5.74, 6) is 1.31. The lowest BCUT2D eigenvalue weighted by molar-refractivity contribution is -0.137. The number of esters is 1. The van der Waals surface area contributed by atoms with Gasteiger partial charge in [-0.25, -0.2) is 4.79 Å². The highest BCUT2D eigenvalue weighted by Crippen LogP contribution is 2.12. The quantitative estimate of drug-likeness (QED) is 0.280. The van der Waals surface area contributed by atoms with Crippen molar-refractivity contribution in [1.82, 2.24) is 0 Å². The van der Waals surface area contributed by atoms with Gasteiger partial charge in [-0.15, -0.1) is 0 Å². The van der Waals surface area contributed by atoms with E-state index in [1.54, 1.807) is 39.4 Å². The van der Waals surface area contributed by atoms with Crippen LogP contribution in [0.5, 0.6) is 11.5 Å². The van der Waals surface area contributed by atoms with E-state index < -0.39 is 0 Å². The van der Waals surface area contributed by atoms with Crippen molar-refractivity contribution in [2.45, 2.75) is 6.92 Å². The van der Waals surface area contributed by atoms with Gasteiger partial charge in [-0.05, 0) is 48.4 Å². The Morgan fingerprint density at radius 3 is 1.69 bits per heavy atom. The van der Waals surface area contributed by atoms with Gasteiger partial charge in [-0.1, -0.05) is 48.6 Å². The first-order valence-corrected chi connectivity index (χ1v) is 9.04. The summed E-state index contributed by atoms with van der Waals surface area (Å²) in [4.78, 5) is 21.0. The maximum Gasteiger partial charge on any atom is 0.330 e. The zero-order chi connectivity index (χ0) is 21.3. The predicted molar refractivity (Wildman–Crippen MR) is 116 cm³/mol. The van der Waals surface area contributed by atoms with Gasteiger partial charge in [-0.2, -0.15) is 0 Å². The Labute approximate surface area is 171 Å². The summed E-state index contributed by atoms with van der Waals surface area (Å²) in [7, 11) is 3.25. The molecule has 152 valence electrons. The van der Waals surface area contributed by atoms with E-state index in [1.165, 1.54) is 12.2 Å². The van der Waals surface area contributed by atoms with Crippen LogP contribution in [0.2, 0.25) is 0 Å². The fourth-order valence-corrected chi connectivity index (χ4v) is 2.07. The third kappa shape index (κ3) is 10.3. The molecule has 0 amide bonds. The van der Waals surface area contributed by atoms with Crippen molar-refractivity contribution < 1.29 is 23.8 Å². The maximum absolute atomic E-state index is 11.0. The van der Waals surface area contributed by atoms with Crippen molar-refractivity contribution in [1.29, 1.82) is 0 Å². The van der Waals surface area contributed by atoms with Crippen LogP contribution < -0.4 is 9.47 Å². The first kappa shape index (κ1) is 23.4. The molecule has 0 radical (unpaired) electrons. The Bertz CT molecular complexity index is 815. The van der Waals surface area contributed by atoms with E-state index in [-0.39, 0.29) is 5.97 Å². The monoisotopic (exact) mass is 394 g/mol. The second-order valence-electron chi connectivity index (χ2n) is 5.51. The van der Waals surface area contributed by atoms with E-state index in [1.807, 2.05) is 54.6 Å². The van der Waals surface area contributed by atoms with E-state index >= 15 is 0 Å². The van der Waals surface area contributed by atoms with Crippen LogP contribution in [0.15, 0.2) is 72.8 Å². The average Bonchev–Trinajstić information content (AvgIpc) is 2.76. The minimum absolute atomic E-state index is 0.327. The molecule has 2 aromatic carbocycles. The third-order valence-electron chi connectivity index (χ3n) is 3.52. The molecule has 2 aromatic rings. The van der Waals surface area contributed by atoms with E-state index in [0.29, 0.717) is 6.61 Å². The zero-order valence-electron chi connectivity index (χ0n) is 16.9. The van der Waals surface area contributed by atoms with Gasteiger partial charge in [0.15, 0.2) is 0 Å². The largest absolute Gasteiger partial charge is 0.497 e. The van der Waals surface area contributed by atoms with E-state index in [0.717, 1.165) is 28.9 Å². The third-order valence-corrected chi connectivity index (χ3v) is 3.52. The molecule has 0 N–H and O–H groups in total. The second-order valence-corrected chi connectivity index (χ2v) is 5.51. The van der Waals surface area contributed by atoms with E-state index in [4.69, 9.17) is 14.2 Å². The molecule has 0 aromatic heterocycles. The number of carbonyl (C=O) groups excluding carboxylic acids is 2. The highest BCUT2D eigenvalue weighted by Gasteiger charge is 1.91. The molecule has 0 fully saturated rings. The number of rotatable bonds is 8. The topological polar surface area (TPSA) is 61.8 Å². The van der Waals surface area contributed by atoms with Crippen molar-refractivity contribution in [2.24, 2.45) is 0 Å². The van der Waals surface area contributed by atoms with Gasteiger partial charge in [0, 0.05) is 6.08 Å². The lowest BCUT2D eigenvalue weighted by Crippen LogP contribution is -1.98. The summed E-state index contributed by atoms with van der Waals surface area (Å²) < 4.78 is 14.8. The lowest BCUT2D eigenvalue weighted by atomic mass is 10.2. The lowest BCUT2D eigenvalue weighted by Gasteiger charge is -1.98. The predicted octanol–water partition coefficient (Wildman–Crippen LogP) is 4.74. The summed E-state index contributed by atoms with van der Waals surface area (Å²) in [6.45, 7) is 2.17. The number of allylic oxidation sites excluding steroid dienone is 3. The van der Waals surface area contributed by atoms with Crippen LogP contribution in [0.1, 0.15) is 18.1 Å². The normalized spacial score (nSPS) is 10.6. The molecular formula is C24H26O5. The fraction of sp³-hybridized carbons (Fsp3) is 0.167. The number of benzene rings is 2. The summed E-state index contributed by atoms with van der Waals surface area (Å²) in [5.41, 5.74) is 2.03. The molecule has 0 saturated carbocycles. The highest BCUT2D eigenvalue weighted by atomic mass is 16.5. The van der Waals surface area contributed by atoms with Crippen LogP contribution in [0, 0.1) is 0 Å². The van der Waals surface area contributed by atoms with Gasteiger partial charge < -0.3 is 14.2 Å². The van der Waals surface area contributed by atoms with Crippen LogP contribution in [0.25, 0.3) is 12.2 Å². The van der Waals surface area contributed by atoms with Gasteiger partial charge >= 0.3 is 5.97 Å². The second kappa shape index (κ2) is 14.5. The molecule has 29 heavy (non-hydrogen) atoms. The summed E-state index contributed by atoms with van der Waals surface area (Å²) in [6, 6.07) is 15.1. The Balaban J connectivity index is 0.000000308. The average molecular weight is 394 g/mol. The molecule has 0 bridgehead atoms. The maximum atomic E-state index is 11.0. The van der Waals surface area contributed by atoms with Crippen LogP contribution in [0.4, 0.5) is 0 Å². The standard InChI is InChI=1S/C14H16O3.C10H10O2/c1-3-17-14(15)7-5-4-6-12-8-10-13(16-2)11-9-12;1-12-10-6-4-9(5-7-10)3-2-8-11/h4-11H,3H2,1-2H3;2-8H,1H3/b6-4+,7-5+;3-2+. The number of ether oxygens (including phenoxy) is 3. The van der Waals surface area contributed by atoms with Crippen LogP contribution in [0.3, 0.4) is 0 Å². The van der Waals surface area contributed by atoms with Crippen molar-refractivity contribution in [3.63, 3.8) is 0 Å². The van der Waals surface area contributed by atoms with Crippen molar-refractivity contribution >= 4 is 24.4 Å². The van der Waals surface area contributed by atoms with Crippen molar-refractivity contribution in [3.8, 4) is 11.5 Å². The van der Waals surface area contributed by atoms with Crippen LogP contribution in [-0.2, 0) is 14.3 Å². The molecule has 0 saturated heterocycles. The molecule has 0 heterocycles. The molecule has 0 aliphatic rings. The molecule has 5 nitrogen and oxygen atoms in total. The molecule has 0 atom stereocenters. The molecule has 5 heteroatoms. The number of hydrogen-bond acceptors (Lipinski definition) is 5. The summed E-state index contributed by atoms with van der Waals surface area (Å²) >= 11 is 0. The van der Waals surface area contributed by atoms with Gasteiger partial charge in [0.1, 0.15) is 17.8 Å². The van der Waals surface area contributed by atoms with Crippen molar-refractivity contribution in [2.75, 3.05) is 20.8 Å². The smallest absolute Gasteiger partial charge is 0.330 e. The molecule has 0 aliphatic carbocycles. The molecule has 0 unspecified atom stereocenters. The molecule has 0 spiro atoms. The minimum atomic E-state index is -0.327. The Kier molecular flexibility index (Phi) is 11.7. The van der Waals surface area contributed by atoms with Gasteiger partial charge in [0.2, 0.25) is 0 Å². The fourth-order valence-electron chi connectivity index (χ4n) is 2.07. The van der Waals surface area contributed by atoms with Crippen LogP contribution >= 0.6 is 0 Å². The molecular weight excluding hydrogens is 368 g/mol. The first-order valence-electron chi connectivity index (χ1n) is 9.04. The Hall–Kier alpha value is -3.60. The van der Waals surface area contributed by atoms with Gasteiger partial charge in [0.05, 0.1) is 20.8 Å². The minimum Gasteiger partial charge on any atom is -0.497 e. The van der Waals surface area contributed by atoms with Gasteiger partial charge in [0.25, 0.3) is 0 Å². The molecule has 0 aliphatic heterocycles. The summed E-state index contributed by atoms with van der Waals surface area (Å²) in [6.07, 6.45) is 10.7. The Morgan fingerprint density at radius 1 is 0.793 bits per heavy atom. The van der Waals surface area contributed by atoms with Crippen molar-refractivity contribution in [3.05, 3.63) is 84.0 Å². The van der Waals surface area contributed by atoms with Crippen LogP contribution in [-0.4, -0.2) is 33.1 Å². The number of methoxy groups -OCH3 is 2. The zero-order valence-corrected chi connectivity index (χ0v) is 16.9. The molecule has 2 rings (SSSR count). The summed E-state index contributed by atoms with van der Waals surface area (Å²) in [5, 5.41) is 0.